The molecular weight excluding hydrogens is 220 g/mol. The summed E-state index contributed by atoms with van der Waals surface area (Å²) in [7, 11) is 2.26. The van der Waals surface area contributed by atoms with Crippen LogP contribution in [0.4, 0.5) is 0 Å². The van der Waals surface area contributed by atoms with Gasteiger partial charge in [0.15, 0.2) is 0 Å². The Hall–Kier alpha value is -0.0800. The largest absolute Gasteiger partial charge is 0.328 e. The third-order valence-electron chi connectivity index (χ3n) is 6.16. The van der Waals surface area contributed by atoms with Crippen LogP contribution in [-0.4, -0.2) is 31.1 Å². The maximum absolute atomic E-state index is 6.27. The number of nitrogens with zero attached hydrogens (tertiary/aromatic N) is 1. The second-order valence-corrected chi connectivity index (χ2v) is 7.47. The molecule has 2 nitrogen and oxygen atoms in total. The zero-order valence-corrected chi connectivity index (χ0v) is 12.7. The Labute approximate surface area is 113 Å². The first-order valence-electron chi connectivity index (χ1n) is 7.89. The van der Waals surface area contributed by atoms with Crippen molar-refractivity contribution in [2.75, 3.05) is 20.1 Å². The van der Waals surface area contributed by atoms with E-state index in [4.69, 9.17) is 5.73 Å². The highest BCUT2D eigenvalue weighted by molar-refractivity contribution is 4.96. The molecular formula is C16H32N2. The lowest BCUT2D eigenvalue weighted by molar-refractivity contribution is 0.0457. The Bertz CT molecular complexity index is 254. The molecule has 0 aromatic heterocycles. The van der Waals surface area contributed by atoms with Crippen molar-refractivity contribution in [2.45, 2.75) is 71.3 Å². The number of hydrogen-bond donors (Lipinski definition) is 1. The molecule has 0 aromatic carbocycles. The van der Waals surface area contributed by atoms with Crippen molar-refractivity contribution < 1.29 is 0 Å². The van der Waals surface area contributed by atoms with Crippen LogP contribution in [0.1, 0.15) is 65.2 Å². The van der Waals surface area contributed by atoms with E-state index in [9.17, 15) is 0 Å². The quantitative estimate of drug-likeness (QED) is 0.775. The molecule has 18 heavy (non-hydrogen) atoms. The third-order valence-corrected chi connectivity index (χ3v) is 6.16. The highest BCUT2D eigenvalue weighted by Gasteiger charge is 2.45. The lowest BCUT2D eigenvalue weighted by Crippen LogP contribution is -2.38. The average molecular weight is 252 g/mol. The van der Waals surface area contributed by atoms with Crippen molar-refractivity contribution >= 4 is 0 Å². The lowest BCUT2D eigenvalue weighted by atomic mass is 9.60. The standard InChI is InChI=1S/C16H32N2/c1-15(8-4-5-9-15)16(2)10-6-14(17)7-12-18(3)13-11-16/h14H,4-13,17H2,1-3H3. The summed E-state index contributed by atoms with van der Waals surface area (Å²) in [6.07, 6.45) is 10.8. The zero-order chi connectivity index (χ0) is 13.2. The van der Waals surface area contributed by atoms with Gasteiger partial charge >= 0.3 is 0 Å². The SMILES string of the molecule is CN1CCC(N)CCC(C)(C2(C)CCCC2)CC1. The fourth-order valence-corrected chi connectivity index (χ4v) is 4.07. The summed E-state index contributed by atoms with van der Waals surface area (Å²) in [4.78, 5) is 2.49. The second-order valence-electron chi connectivity index (χ2n) is 7.47. The Morgan fingerprint density at radius 3 is 2.17 bits per heavy atom. The molecule has 0 amide bonds. The van der Waals surface area contributed by atoms with Gasteiger partial charge in [0.25, 0.3) is 0 Å². The first-order chi connectivity index (χ1) is 8.45. The lowest BCUT2D eigenvalue weighted by Gasteiger charge is -2.45. The number of nitrogens with two attached hydrogens (primary N) is 1. The fourth-order valence-electron chi connectivity index (χ4n) is 4.07. The highest BCUT2D eigenvalue weighted by Crippen LogP contribution is 2.55. The summed E-state index contributed by atoms with van der Waals surface area (Å²) < 4.78 is 0. The topological polar surface area (TPSA) is 29.3 Å². The summed E-state index contributed by atoms with van der Waals surface area (Å²) in [6, 6.07) is 0.412. The molecule has 1 saturated heterocycles. The van der Waals surface area contributed by atoms with Gasteiger partial charge in [-0.25, -0.2) is 0 Å². The van der Waals surface area contributed by atoms with E-state index in [1.807, 2.05) is 0 Å². The molecule has 0 spiro atoms. The van der Waals surface area contributed by atoms with Gasteiger partial charge < -0.3 is 10.6 Å². The third kappa shape index (κ3) is 2.91. The summed E-state index contributed by atoms with van der Waals surface area (Å²) in [5, 5.41) is 0. The van der Waals surface area contributed by atoms with E-state index < -0.39 is 0 Å². The van der Waals surface area contributed by atoms with Gasteiger partial charge in [-0.05, 0) is 69.5 Å². The van der Waals surface area contributed by atoms with Crippen LogP contribution < -0.4 is 5.73 Å². The molecule has 2 atom stereocenters. The maximum Gasteiger partial charge on any atom is 0.00512 e. The Kier molecular flexibility index (Phi) is 4.38. The Morgan fingerprint density at radius 2 is 1.50 bits per heavy atom. The average Bonchev–Trinajstić information content (AvgIpc) is 2.80. The van der Waals surface area contributed by atoms with Gasteiger partial charge in [0, 0.05) is 6.04 Å². The van der Waals surface area contributed by atoms with Crippen LogP contribution in [-0.2, 0) is 0 Å². The van der Waals surface area contributed by atoms with E-state index in [-0.39, 0.29) is 0 Å². The fraction of sp³-hybridized carbons (Fsp3) is 1.00. The Morgan fingerprint density at radius 1 is 0.889 bits per heavy atom. The van der Waals surface area contributed by atoms with Crippen LogP contribution >= 0.6 is 0 Å². The minimum Gasteiger partial charge on any atom is -0.328 e. The molecule has 0 aromatic rings. The van der Waals surface area contributed by atoms with Gasteiger partial charge in [-0.2, -0.15) is 0 Å². The van der Waals surface area contributed by atoms with Crippen molar-refractivity contribution in [2.24, 2.45) is 16.6 Å². The first kappa shape index (κ1) is 14.3. The molecule has 0 radical (unpaired) electrons. The monoisotopic (exact) mass is 252 g/mol. The van der Waals surface area contributed by atoms with Gasteiger partial charge in [-0.3, -0.25) is 0 Å². The molecule has 106 valence electrons. The van der Waals surface area contributed by atoms with Gasteiger partial charge in [-0.1, -0.05) is 26.7 Å². The van der Waals surface area contributed by atoms with Crippen molar-refractivity contribution in [3.05, 3.63) is 0 Å². The molecule has 2 rings (SSSR count). The van der Waals surface area contributed by atoms with Crippen LogP contribution in [0.25, 0.3) is 0 Å². The highest BCUT2D eigenvalue weighted by atomic mass is 15.1. The smallest absolute Gasteiger partial charge is 0.00512 e. The molecule has 1 saturated carbocycles. The van der Waals surface area contributed by atoms with Gasteiger partial charge in [0.1, 0.15) is 0 Å². The van der Waals surface area contributed by atoms with E-state index in [1.165, 1.54) is 64.5 Å². The Balaban J connectivity index is 2.12. The zero-order valence-electron chi connectivity index (χ0n) is 12.7. The summed E-state index contributed by atoms with van der Waals surface area (Å²) >= 11 is 0. The number of rotatable bonds is 1. The van der Waals surface area contributed by atoms with Crippen molar-refractivity contribution in [3.8, 4) is 0 Å². The van der Waals surface area contributed by atoms with E-state index in [2.05, 4.69) is 25.8 Å². The first-order valence-corrected chi connectivity index (χ1v) is 7.89. The van der Waals surface area contributed by atoms with Crippen LogP contribution in [0.3, 0.4) is 0 Å². The van der Waals surface area contributed by atoms with Gasteiger partial charge in [0.05, 0.1) is 0 Å². The van der Waals surface area contributed by atoms with Crippen molar-refractivity contribution in [1.29, 1.82) is 0 Å². The molecule has 1 heterocycles. The van der Waals surface area contributed by atoms with Crippen molar-refractivity contribution in [3.63, 3.8) is 0 Å². The van der Waals surface area contributed by atoms with Crippen molar-refractivity contribution in [1.82, 2.24) is 4.90 Å². The van der Waals surface area contributed by atoms with E-state index in [0.29, 0.717) is 16.9 Å². The predicted molar refractivity (Wildman–Crippen MR) is 78.6 cm³/mol. The maximum atomic E-state index is 6.27. The minimum absolute atomic E-state index is 0.412. The molecule has 2 N–H and O–H groups in total. The van der Waals surface area contributed by atoms with Gasteiger partial charge in [0.2, 0.25) is 0 Å². The molecule has 1 aliphatic carbocycles. The second kappa shape index (κ2) is 5.50. The van der Waals surface area contributed by atoms with E-state index in [1.54, 1.807) is 0 Å². The normalized spacial score (nSPS) is 39.0. The molecule has 1 aliphatic heterocycles. The van der Waals surface area contributed by atoms with E-state index >= 15 is 0 Å². The predicted octanol–water partition coefficient (Wildman–Crippen LogP) is 3.41. The molecule has 2 aliphatic rings. The number of hydrogen-bond acceptors (Lipinski definition) is 2. The molecule has 2 heteroatoms. The summed E-state index contributed by atoms with van der Waals surface area (Å²) in [5.74, 6) is 0. The van der Waals surface area contributed by atoms with Crippen LogP contribution in [0.5, 0.6) is 0 Å². The van der Waals surface area contributed by atoms with E-state index in [0.717, 1.165) is 0 Å². The molecule has 2 unspecified atom stereocenters. The summed E-state index contributed by atoms with van der Waals surface area (Å²) in [5.41, 5.74) is 7.34. The minimum atomic E-state index is 0.412. The summed E-state index contributed by atoms with van der Waals surface area (Å²) in [6.45, 7) is 7.51. The van der Waals surface area contributed by atoms with Crippen LogP contribution in [0.2, 0.25) is 0 Å². The molecule has 2 fully saturated rings. The van der Waals surface area contributed by atoms with Gasteiger partial charge in [-0.15, -0.1) is 0 Å². The molecule has 0 bridgehead atoms. The van der Waals surface area contributed by atoms with Crippen LogP contribution in [0.15, 0.2) is 0 Å². The van der Waals surface area contributed by atoms with Crippen LogP contribution in [0, 0.1) is 10.8 Å².